The summed E-state index contributed by atoms with van der Waals surface area (Å²) in [6.45, 7) is 13.1. The van der Waals surface area contributed by atoms with E-state index < -0.39 is 26.4 Å². The van der Waals surface area contributed by atoms with Gasteiger partial charge >= 0.3 is 0 Å². The summed E-state index contributed by atoms with van der Waals surface area (Å²) >= 11 is 0. The van der Waals surface area contributed by atoms with Crippen LogP contribution >= 0.6 is 0 Å². The highest BCUT2D eigenvalue weighted by molar-refractivity contribution is 7.00. The van der Waals surface area contributed by atoms with Gasteiger partial charge in [0.05, 0.1) is 26.4 Å². The van der Waals surface area contributed by atoms with Gasteiger partial charge in [0.15, 0.2) is 0 Å². The highest BCUT2D eigenvalue weighted by Crippen LogP contribution is 2.28. The Labute approximate surface area is 193 Å². The van der Waals surface area contributed by atoms with Crippen LogP contribution in [0.2, 0.25) is 4.79 Å². The third-order valence-electron chi connectivity index (χ3n) is 6.33. The van der Waals surface area contributed by atoms with E-state index in [1.54, 1.807) is 0 Å². The van der Waals surface area contributed by atoms with E-state index in [2.05, 4.69) is 128 Å². The molecule has 0 radical (unpaired) electrons. The van der Waals surface area contributed by atoms with Gasteiger partial charge in [-0.3, -0.25) is 0 Å². The van der Waals surface area contributed by atoms with Gasteiger partial charge in [0.1, 0.15) is 0 Å². The van der Waals surface area contributed by atoms with Crippen molar-refractivity contribution in [3.63, 3.8) is 0 Å². The lowest BCUT2D eigenvalue weighted by Gasteiger charge is -2.34. The molecule has 3 atom stereocenters. The summed E-state index contributed by atoms with van der Waals surface area (Å²) in [5, 5.41) is 0. The van der Waals surface area contributed by atoms with Crippen LogP contribution in [0.25, 0.3) is 0 Å². The van der Waals surface area contributed by atoms with Crippen molar-refractivity contribution in [3.05, 3.63) is 145 Å². The van der Waals surface area contributed by atoms with Crippen molar-refractivity contribution in [3.8, 4) is 0 Å². The molecule has 0 aliphatic heterocycles. The summed E-state index contributed by atoms with van der Waals surface area (Å²) in [6.07, 6.45) is 0. The van der Waals surface area contributed by atoms with Gasteiger partial charge in [0.2, 0.25) is 0 Å². The first-order valence-electron chi connectivity index (χ1n) is 11.2. The van der Waals surface area contributed by atoms with E-state index in [1.165, 1.54) is 34.8 Å². The molecule has 0 spiro atoms. The molecule has 0 aliphatic rings. The lowest BCUT2D eigenvalue weighted by Crippen LogP contribution is -2.45. The fourth-order valence-electron chi connectivity index (χ4n) is 4.74. The minimum atomic E-state index is -1.24. The van der Waals surface area contributed by atoms with Crippen LogP contribution in [0, 0.1) is 0 Å². The number of rotatable bonds is 12. The van der Waals surface area contributed by atoms with Gasteiger partial charge in [-0.25, -0.2) is 0 Å². The quantitative estimate of drug-likeness (QED) is 0.311. The van der Waals surface area contributed by atoms with Crippen LogP contribution in [0.5, 0.6) is 0 Å². The van der Waals surface area contributed by atoms with Crippen LogP contribution in [0.4, 0.5) is 0 Å². The molecular weight excluding hydrogens is 421 g/mol. The van der Waals surface area contributed by atoms with Crippen molar-refractivity contribution in [1.82, 2.24) is 0 Å². The number of hydrogen-bond donors (Lipinski definition) is 0. The van der Waals surface area contributed by atoms with Gasteiger partial charge in [-0.2, -0.15) is 0 Å². The third-order valence-corrected chi connectivity index (χ3v) is 22.8. The Kier molecular flexibility index (Phi) is 9.28. The van der Waals surface area contributed by atoms with Crippen LogP contribution in [0.1, 0.15) is 16.7 Å². The van der Waals surface area contributed by atoms with Crippen LogP contribution in [-0.4, -0.2) is 26.4 Å². The second kappa shape index (κ2) is 12.4. The largest absolute Gasteiger partial charge is 0.107 e. The Morgan fingerprint density at radius 2 is 0.742 bits per heavy atom. The zero-order valence-corrected chi connectivity index (χ0v) is 21.9. The third kappa shape index (κ3) is 6.76. The molecule has 3 aromatic rings. The summed E-state index contributed by atoms with van der Waals surface area (Å²) in [6, 6.07) is 36.6. The van der Waals surface area contributed by atoms with Crippen molar-refractivity contribution in [2.45, 2.75) is 22.9 Å². The molecule has 0 aliphatic carbocycles. The van der Waals surface area contributed by atoms with Gasteiger partial charge in [-0.1, -0.05) is 112 Å². The standard InChI is InChI=1S/C28H34Si3/c1-4-29(22-25-16-10-7-11-17-25)28(30(5-2)23-26-18-12-8-13-19-26)31(6-3)24-27-20-14-9-15-21-27/h4-21,28-31H,1-3,22-24H2. The molecule has 0 saturated heterocycles. The Balaban J connectivity index is 1.94. The predicted octanol–water partition coefficient (Wildman–Crippen LogP) is 5.64. The van der Waals surface area contributed by atoms with Gasteiger partial charge in [-0.05, 0) is 18.1 Å². The van der Waals surface area contributed by atoms with Crippen molar-refractivity contribution in [1.29, 1.82) is 0 Å². The van der Waals surface area contributed by atoms with Crippen LogP contribution in [0.3, 0.4) is 0 Å². The summed E-state index contributed by atoms with van der Waals surface area (Å²) in [4.78, 5) is 0.785. The first-order chi connectivity index (χ1) is 15.2. The molecular formula is C28H34Si3. The van der Waals surface area contributed by atoms with E-state index in [-0.39, 0.29) is 0 Å². The summed E-state index contributed by atoms with van der Waals surface area (Å²) in [5.41, 5.74) is 11.5. The summed E-state index contributed by atoms with van der Waals surface area (Å²) < 4.78 is 0. The van der Waals surface area contributed by atoms with Gasteiger partial charge in [0, 0.05) is 0 Å². The first kappa shape index (κ1) is 23.2. The Morgan fingerprint density at radius 3 is 0.968 bits per heavy atom. The molecule has 31 heavy (non-hydrogen) atoms. The number of hydrogen-bond acceptors (Lipinski definition) is 0. The van der Waals surface area contributed by atoms with E-state index in [1.807, 2.05) is 0 Å². The normalized spacial score (nSPS) is 14.7. The fraction of sp³-hybridized carbons (Fsp3) is 0.143. The van der Waals surface area contributed by atoms with Crippen molar-refractivity contribution >= 4 is 26.4 Å². The molecule has 0 bridgehead atoms. The Hall–Kier alpha value is -2.47. The molecule has 158 valence electrons. The summed E-state index contributed by atoms with van der Waals surface area (Å²) in [7, 11) is -3.73. The van der Waals surface area contributed by atoms with E-state index in [0.717, 1.165) is 4.79 Å². The molecule has 0 heterocycles. The smallest absolute Gasteiger partial charge is 0.0630 e. The zero-order valence-electron chi connectivity index (χ0n) is 18.4. The lowest BCUT2D eigenvalue weighted by atomic mass is 10.2. The second-order valence-corrected chi connectivity index (χ2v) is 19.6. The minimum Gasteiger partial charge on any atom is -0.107 e. The average molecular weight is 455 g/mol. The summed E-state index contributed by atoms with van der Waals surface area (Å²) in [5.74, 6) is 0. The molecule has 0 saturated carbocycles. The molecule has 0 amide bonds. The van der Waals surface area contributed by atoms with E-state index in [9.17, 15) is 0 Å². The SMILES string of the molecule is C=C[SiH](Cc1ccccc1)C([SiH](C=C)Cc1ccccc1)[SiH](C=C)Cc1ccccc1. The van der Waals surface area contributed by atoms with Gasteiger partial charge < -0.3 is 0 Å². The van der Waals surface area contributed by atoms with Gasteiger partial charge in [0.25, 0.3) is 0 Å². The van der Waals surface area contributed by atoms with Gasteiger partial charge in [-0.15, -0.1) is 36.8 Å². The monoisotopic (exact) mass is 454 g/mol. The maximum Gasteiger partial charge on any atom is 0.0630 e. The van der Waals surface area contributed by atoms with E-state index >= 15 is 0 Å². The van der Waals surface area contributed by atoms with Crippen molar-refractivity contribution < 1.29 is 0 Å². The molecule has 0 fully saturated rings. The Morgan fingerprint density at radius 1 is 0.484 bits per heavy atom. The Bertz CT molecular complexity index is 811. The maximum atomic E-state index is 4.36. The molecule has 3 aromatic carbocycles. The van der Waals surface area contributed by atoms with Crippen molar-refractivity contribution in [2.75, 3.05) is 0 Å². The molecule has 0 aromatic heterocycles. The second-order valence-electron chi connectivity index (χ2n) is 8.35. The number of benzene rings is 3. The highest BCUT2D eigenvalue weighted by Gasteiger charge is 2.34. The van der Waals surface area contributed by atoms with Crippen LogP contribution in [-0.2, 0) is 18.1 Å². The maximum absolute atomic E-state index is 4.36. The highest BCUT2D eigenvalue weighted by atomic mass is 28.4. The molecule has 3 unspecified atom stereocenters. The predicted molar refractivity (Wildman–Crippen MR) is 146 cm³/mol. The first-order valence-corrected chi connectivity index (χ1v) is 17.7. The average Bonchev–Trinajstić information content (AvgIpc) is 2.84. The zero-order chi connectivity index (χ0) is 21.9. The van der Waals surface area contributed by atoms with E-state index in [4.69, 9.17) is 0 Å². The molecule has 3 heteroatoms. The van der Waals surface area contributed by atoms with Crippen molar-refractivity contribution in [2.24, 2.45) is 0 Å². The minimum absolute atomic E-state index is 0.785. The van der Waals surface area contributed by atoms with E-state index in [0.29, 0.717) is 0 Å². The van der Waals surface area contributed by atoms with Crippen LogP contribution < -0.4 is 0 Å². The molecule has 0 nitrogen and oxygen atoms in total. The topological polar surface area (TPSA) is 0 Å². The fourth-order valence-corrected chi connectivity index (χ4v) is 22.3. The van der Waals surface area contributed by atoms with Crippen LogP contribution in [0.15, 0.2) is 128 Å². The molecule has 3 rings (SSSR count). The lowest BCUT2D eigenvalue weighted by molar-refractivity contribution is 1.26. The molecule has 0 N–H and O–H groups in total.